The van der Waals surface area contributed by atoms with Crippen molar-refractivity contribution in [1.29, 1.82) is 0 Å². The second-order valence-corrected chi connectivity index (χ2v) is 4.28. The molecule has 0 bridgehead atoms. The lowest BCUT2D eigenvalue weighted by Crippen LogP contribution is -2.06. The van der Waals surface area contributed by atoms with Crippen LogP contribution >= 0.6 is 11.6 Å². The molecule has 0 fully saturated rings. The molecule has 0 saturated carbocycles. The number of carbonyl (C=O) groups is 1. The van der Waals surface area contributed by atoms with Gasteiger partial charge < -0.3 is 4.74 Å². The Hall–Kier alpha value is -1.02. The van der Waals surface area contributed by atoms with Gasteiger partial charge in [-0.1, -0.05) is 0 Å². The Kier molecular flexibility index (Phi) is 5.33. The van der Waals surface area contributed by atoms with E-state index in [1.807, 2.05) is 26.0 Å². The Morgan fingerprint density at radius 1 is 1.31 bits per heavy atom. The van der Waals surface area contributed by atoms with Gasteiger partial charge in [0.15, 0.2) is 5.78 Å². The molecule has 88 valence electrons. The summed E-state index contributed by atoms with van der Waals surface area (Å²) < 4.78 is 5.50. The summed E-state index contributed by atoms with van der Waals surface area (Å²) in [6, 6.07) is 7.25. The Balaban J connectivity index is 2.60. The predicted molar refractivity (Wildman–Crippen MR) is 66.5 cm³/mol. The fourth-order valence-corrected chi connectivity index (χ4v) is 1.50. The number of Topliss-reactive ketones (excluding diaryl/α,β-unsaturated/α-hetero) is 1. The number of ether oxygens (including phenoxy) is 1. The van der Waals surface area contributed by atoms with Gasteiger partial charge in [-0.3, -0.25) is 4.79 Å². The number of rotatable bonds is 6. The third kappa shape index (κ3) is 4.23. The van der Waals surface area contributed by atoms with Crippen LogP contribution in [0.15, 0.2) is 24.3 Å². The first-order chi connectivity index (χ1) is 7.63. The molecule has 1 rings (SSSR count). The van der Waals surface area contributed by atoms with Crippen molar-refractivity contribution in [2.45, 2.75) is 32.8 Å². The average Bonchev–Trinajstić information content (AvgIpc) is 2.26. The van der Waals surface area contributed by atoms with Gasteiger partial charge in [0, 0.05) is 17.9 Å². The molecule has 3 heteroatoms. The standard InChI is InChI=1S/C13H17ClO2/c1-10(2)16-12-7-5-11(6-8-12)13(15)4-3-9-14/h5-8,10H,3-4,9H2,1-2H3. The first-order valence-corrected chi connectivity index (χ1v) is 6.03. The first-order valence-electron chi connectivity index (χ1n) is 5.49. The zero-order chi connectivity index (χ0) is 12.0. The van der Waals surface area contributed by atoms with Gasteiger partial charge in [-0.15, -0.1) is 11.6 Å². The maximum atomic E-state index is 11.6. The highest BCUT2D eigenvalue weighted by molar-refractivity contribution is 6.18. The third-order valence-corrected chi connectivity index (χ3v) is 2.35. The van der Waals surface area contributed by atoms with Crippen LogP contribution in [0.25, 0.3) is 0 Å². The number of hydrogen-bond acceptors (Lipinski definition) is 2. The smallest absolute Gasteiger partial charge is 0.162 e. The maximum absolute atomic E-state index is 11.6. The molecule has 0 atom stereocenters. The second kappa shape index (κ2) is 6.54. The predicted octanol–water partition coefficient (Wildman–Crippen LogP) is 3.68. The van der Waals surface area contributed by atoms with E-state index in [1.165, 1.54) is 0 Å². The molecule has 0 aliphatic rings. The van der Waals surface area contributed by atoms with E-state index in [2.05, 4.69) is 0 Å². The molecule has 2 nitrogen and oxygen atoms in total. The molecular formula is C13H17ClO2. The van der Waals surface area contributed by atoms with Gasteiger partial charge in [-0.25, -0.2) is 0 Å². The quantitative estimate of drug-likeness (QED) is 0.560. The van der Waals surface area contributed by atoms with Crippen molar-refractivity contribution in [1.82, 2.24) is 0 Å². The summed E-state index contributed by atoms with van der Waals surface area (Å²) in [5.74, 6) is 1.46. The Bertz CT molecular complexity index is 330. The Labute approximate surface area is 102 Å². The van der Waals surface area contributed by atoms with Crippen molar-refractivity contribution in [3.05, 3.63) is 29.8 Å². The Morgan fingerprint density at radius 2 is 1.94 bits per heavy atom. The van der Waals surface area contributed by atoms with Gasteiger partial charge in [0.2, 0.25) is 0 Å². The van der Waals surface area contributed by atoms with E-state index in [0.717, 1.165) is 17.7 Å². The number of halogens is 1. The highest BCUT2D eigenvalue weighted by Gasteiger charge is 2.05. The number of hydrogen-bond donors (Lipinski definition) is 0. The van der Waals surface area contributed by atoms with Crippen LogP contribution in [0.5, 0.6) is 5.75 Å². The van der Waals surface area contributed by atoms with Gasteiger partial charge in [-0.2, -0.15) is 0 Å². The largest absolute Gasteiger partial charge is 0.491 e. The molecule has 0 unspecified atom stereocenters. The summed E-state index contributed by atoms with van der Waals surface area (Å²) in [6.45, 7) is 3.94. The number of alkyl halides is 1. The van der Waals surface area contributed by atoms with Gasteiger partial charge in [0.1, 0.15) is 5.75 Å². The van der Waals surface area contributed by atoms with Gasteiger partial charge in [0.05, 0.1) is 6.10 Å². The number of carbonyl (C=O) groups excluding carboxylic acids is 1. The average molecular weight is 241 g/mol. The van der Waals surface area contributed by atoms with Crippen molar-refractivity contribution in [2.75, 3.05) is 5.88 Å². The highest BCUT2D eigenvalue weighted by Crippen LogP contribution is 2.15. The minimum Gasteiger partial charge on any atom is -0.491 e. The fraction of sp³-hybridized carbons (Fsp3) is 0.462. The fourth-order valence-electron chi connectivity index (χ4n) is 1.36. The minimum atomic E-state index is 0.136. The molecule has 1 aromatic rings. The van der Waals surface area contributed by atoms with E-state index in [1.54, 1.807) is 12.1 Å². The Morgan fingerprint density at radius 3 is 2.44 bits per heavy atom. The van der Waals surface area contributed by atoms with E-state index < -0.39 is 0 Å². The zero-order valence-electron chi connectivity index (χ0n) is 9.70. The van der Waals surface area contributed by atoms with E-state index in [9.17, 15) is 4.79 Å². The molecule has 0 aliphatic heterocycles. The molecule has 0 N–H and O–H groups in total. The van der Waals surface area contributed by atoms with Gasteiger partial charge >= 0.3 is 0 Å². The second-order valence-electron chi connectivity index (χ2n) is 3.91. The van der Waals surface area contributed by atoms with E-state index in [-0.39, 0.29) is 11.9 Å². The van der Waals surface area contributed by atoms with E-state index in [4.69, 9.17) is 16.3 Å². The molecule has 16 heavy (non-hydrogen) atoms. The highest BCUT2D eigenvalue weighted by atomic mass is 35.5. The van der Waals surface area contributed by atoms with Crippen LogP contribution in [0.2, 0.25) is 0 Å². The molecule has 0 aromatic heterocycles. The summed E-state index contributed by atoms with van der Waals surface area (Å²) >= 11 is 5.54. The van der Waals surface area contributed by atoms with Crippen molar-refractivity contribution in [3.63, 3.8) is 0 Å². The lowest BCUT2D eigenvalue weighted by molar-refractivity contribution is 0.0982. The minimum absolute atomic E-state index is 0.136. The lowest BCUT2D eigenvalue weighted by atomic mass is 10.1. The van der Waals surface area contributed by atoms with Crippen LogP contribution < -0.4 is 4.74 Å². The lowest BCUT2D eigenvalue weighted by Gasteiger charge is -2.09. The summed E-state index contributed by atoms with van der Waals surface area (Å²) in [4.78, 5) is 11.6. The molecular weight excluding hydrogens is 224 g/mol. The summed E-state index contributed by atoms with van der Waals surface area (Å²) in [5.41, 5.74) is 0.723. The van der Waals surface area contributed by atoms with E-state index in [0.29, 0.717) is 12.3 Å². The van der Waals surface area contributed by atoms with Crippen LogP contribution in [-0.4, -0.2) is 17.8 Å². The number of ketones is 1. The molecule has 0 saturated heterocycles. The normalized spacial score (nSPS) is 10.5. The molecule has 0 spiro atoms. The first kappa shape index (κ1) is 13.0. The van der Waals surface area contributed by atoms with Crippen molar-refractivity contribution >= 4 is 17.4 Å². The zero-order valence-corrected chi connectivity index (χ0v) is 10.5. The summed E-state index contributed by atoms with van der Waals surface area (Å²) in [5, 5.41) is 0. The van der Waals surface area contributed by atoms with Crippen molar-refractivity contribution in [2.24, 2.45) is 0 Å². The van der Waals surface area contributed by atoms with Gasteiger partial charge in [-0.05, 0) is 44.5 Å². The maximum Gasteiger partial charge on any atom is 0.162 e. The molecule has 0 heterocycles. The molecule has 0 aliphatic carbocycles. The summed E-state index contributed by atoms with van der Waals surface area (Å²) in [6.07, 6.45) is 1.39. The van der Waals surface area contributed by atoms with Crippen molar-refractivity contribution < 1.29 is 9.53 Å². The monoisotopic (exact) mass is 240 g/mol. The van der Waals surface area contributed by atoms with Crippen LogP contribution in [-0.2, 0) is 0 Å². The van der Waals surface area contributed by atoms with E-state index >= 15 is 0 Å². The molecule has 0 radical (unpaired) electrons. The summed E-state index contributed by atoms with van der Waals surface area (Å²) in [7, 11) is 0. The molecule has 1 aromatic carbocycles. The van der Waals surface area contributed by atoms with Crippen LogP contribution in [0.3, 0.4) is 0 Å². The SMILES string of the molecule is CC(C)Oc1ccc(C(=O)CCCCl)cc1. The van der Waals surface area contributed by atoms with Gasteiger partial charge in [0.25, 0.3) is 0 Å². The topological polar surface area (TPSA) is 26.3 Å². The number of benzene rings is 1. The van der Waals surface area contributed by atoms with Crippen LogP contribution in [0, 0.1) is 0 Å². The molecule has 0 amide bonds. The third-order valence-electron chi connectivity index (χ3n) is 2.09. The van der Waals surface area contributed by atoms with Crippen LogP contribution in [0.1, 0.15) is 37.0 Å². The van der Waals surface area contributed by atoms with Crippen molar-refractivity contribution in [3.8, 4) is 5.75 Å². The van der Waals surface area contributed by atoms with Crippen LogP contribution in [0.4, 0.5) is 0 Å².